The minimum absolute atomic E-state index is 0.0658. The summed E-state index contributed by atoms with van der Waals surface area (Å²) in [6, 6.07) is 3.32. The molecule has 0 atom stereocenters. The molecule has 3 aromatic rings. The summed E-state index contributed by atoms with van der Waals surface area (Å²) in [4.78, 5) is 16.9. The maximum Gasteiger partial charge on any atom is 0.264 e. The van der Waals surface area contributed by atoms with Crippen molar-refractivity contribution in [2.24, 2.45) is 14.1 Å². The number of fused-ring (bicyclic) bond motifs is 1. The first kappa shape index (κ1) is 16.6. The zero-order valence-electron chi connectivity index (χ0n) is 14.3. The van der Waals surface area contributed by atoms with Gasteiger partial charge < -0.3 is 14.6 Å². The molecule has 0 aliphatic rings. The first-order chi connectivity index (χ1) is 12.0. The van der Waals surface area contributed by atoms with Crippen LogP contribution in [0.3, 0.4) is 0 Å². The number of hydrogen-bond acceptors (Lipinski definition) is 6. The molecule has 2 aromatic heterocycles. The smallest absolute Gasteiger partial charge is 0.264 e. The van der Waals surface area contributed by atoms with Crippen LogP contribution in [0.5, 0.6) is 17.2 Å². The van der Waals surface area contributed by atoms with Gasteiger partial charge in [0, 0.05) is 14.1 Å². The first-order valence-corrected chi connectivity index (χ1v) is 7.48. The summed E-state index contributed by atoms with van der Waals surface area (Å²) in [5, 5.41) is 14.5. The van der Waals surface area contributed by atoms with Gasteiger partial charge in [-0.05, 0) is 23.8 Å². The molecule has 8 heteroatoms. The largest absolute Gasteiger partial charge is 0.502 e. The lowest BCUT2D eigenvalue weighted by atomic mass is 10.1. The van der Waals surface area contributed by atoms with Crippen molar-refractivity contribution in [3.05, 3.63) is 40.1 Å². The van der Waals surface area contributed by atoms with Crippen LogP contribution in [0.4, 0.5) is 0 Å². The second-order valence-corrected chi connectivity index (χ2v) is 5.45. The molecule has 0 spiro atoms. The van der Waals surface area contributed by atoms with Crippen molar-refractivity contribution < 1.29 is 14.6 Å². The van der Waals surface area contributed by atoms with Crippen LogP contribution in [-0.4, -0.2) is 38.7 Å². The third-order valence-electron chi connectivity index (χ3n) is 3.93. The second kappa shape index (κ2) is 6.31. The Bertz CT molecular complexity index is 1010. The Morgan fingerprint density at radius 2 is 1.76 bits per heavy atom. The minimum atomic E-state index is -0.168. The van der Waals surface area contributed by atoms with Crippen molar-refractivity contribution >= 4 is 23.2 Å². The average Bonchev–Trinajstić information content (AvgIpc) is 2.98. The Morgan fingerprint density at radius 1 is 1.12 bits per heavy atom. The van der Waals surface area contributed by atoms with Crippen LogP contribution in [0, 0.1) is 0 Å². The number of phenols is 1. The van der Waals surface area contributed by atoms with Crippen molar-refractivity contribution in [3.8, 4) is 17.2 Å². The highest BCUT2D eigenvalue weighted by Gasteiger charge is 2.12. The number of phenolic OH excluding ortho intramolecular Hbond substituents is 1. The lowest BCUT2D eigenvalue weighted by Gasteiger charge is -2.09. The van der Waals surface area contributed by atoms with E-state index in [-0.39, 0.29) is 11.3 Å². The molecule has 25 heavy (non-hydrogen) atoms. The van der Waals surface area contributed by atoms with Crippen molar-refractivity contribution in [3.63, 3.8) is 0 Å². The predicted octanol–water partition coefficient (Wildman–Crippen LogP) is 1.56. The van der Waals surface area contributed by atoms with Crippen LogP contribution in [0.25, 0.3) is 23.2 Å². The Kier molecular flexibility index (Phi) is 4.18. The monoisotopic (exact) mass is 342 g/mol. The number of nitrogens with zero attached hydrogens (tertiary/aromatic N) is 4. The normalized spacial score (nSPS) is 11.4. The SMILES string of the molecule is COc1cc(C=Cc2nc3c(cnn3C)c(=O)n2C)cc(OC)c1O. The molecular formula is C17H18N4O4. The van der Waals surface area contributed by atoms with Crippen LogP contribution in [0.2, 0.25) is 0 Å². The number of ether oxygens (including phenoxy) is 2. The fourth-order valence-electron chi connectivity index (χ4n) is 2.51. The second-order valence-electron chi connectivity index (χ2n) is 5.45. The Morgan fingerprint density at radius 3 is 2.36 bits per heavy atom. The van der Waals surface area contributed by atoms with E-state index in [1.54, 1.807) is 43.1 Å². The van der Waals surface area contributed by atoms with E-state index < -0.39 is 0 Å². The van der Waals surface area contributed by atoms with E-state index in [9.17, 15) is 9.90 Å². The summed E-state index contributed by atoms with van der Waals surface area (Å²) in [5.74, 6) is 1.00. The van der Waals surface area contributed by atoms with Crippen LogP contribution < -0.4 is 15.0 Å². The van der Waals surface area contributed by atoms with Gasteiger partial charge in [0.25, 0.3) is 5.56 Å². The fourth-order valence-corrected chi connectivity index (χ4v) is 2.51. The average molecular weight is 342 g/mol. The van der Waals surface area contributed by atoms with Crippen LogP contribution in [0.15, 0.2) is 23.1 Å². The molecule has 0 saturated carbocycles. The lowest BCUT2D eigenvalue weighted by Crippen LogP contribution is -2.20. The van der Waals surface area contributed by atoms with Gasteiger partial charge >= 0.3 is 0 Å². The summed E-state index contributed by atoms with van der Waals surface area (Å²) in [7, 11) is 6.31. The Labute approximate surface area is 143 Å². The summed E-state index contributed by atoms with van der Waals surface area (Å²) in [6.45, 7) is 0. The number of aromatic hydroxyl groups is 1. The van der Waals surface area contributed by atoms with Gasteiger partial charge in [0.15, 0.2) is 17.1 Å². The topological polar surface area (TPSA) is 91.4 Å². The van der Waals surface area contributed by atoms with E-state index in [1.165, 1.54) is 25.0 Å². The highest BCUT2D eigenvalue weighted by Crippen LogP contribution is 2.37. The molecule has 0 aliphatic heterocycles. The molecular weight excluding hydrogens is 324 g/mol. The van der Waals surface area contributed by atoms with Crippen molar-refractivity contribution in [2.75, 3.05) is 14.2 Å². The molecule has 0 radical (unpaired) electrons. The van der Waals surface area contributed by atoms with Gasteiger partial charge in [0.2, 0.25) is 5.75 Å². The highest BCUT2D eigenvalue weighted by atomic mass is 16.5. The van der Waals surface area contributed by atoms with E-state index in [0.29, 0.717) is 28.4 Å². The molecule has 0 saturated heterocycles. The van der Waals surface area contributed by atoms with E-state index in [2.05, 4.69) is 10.1 Å². The van der Waals surface area contributed by atoms with E-state index in [0.717, 1.165) is 5.56 Å². The van der Waals surface area contributed by atoms with Crippen LogP contribution in [-0.2, 0) is 14.1 Å². The number of benzene rings is 1. The Hall–Kier alpha value is -3.29. The molecule has 0 fully saturated rings. The molecule has 0 unspecified atom stereocenters. The van der Waals surface area contributed by atoms with E-state index >= 15 is 0 Å². The molecule has 2 heterocycles. The third kappa shape index (κ3) is 2.82. The van der Waals surface area contributed by atoms with E-state index in [4.69, 9.17) is 9.47 Å². The molecule has 0 aliphatic carbocycles. The quantitative estimate of drug-likeness (QED) is 0.774. The number of aryl methyl sites for hydroxylation is 1. The van der Waals surface area contributed by atoms with Crippen molar-refractivity contribution in [1.29, 1.82) is 0 Å². The first-order valence-electron chi connectivity index (χ1n) is 7.48. The van der Waals surface area contributed by atoms with Gasteiger partial charge in [-0.3, -0.25) is 14.0 Å². The van der Waals surface area contributed by atoms with Gasteiger partial charge in [-0.25, -0.2) is 4.98 Å². The summed E-state index contributed by atoms with van der Waals surface area (Å²) < 4.78 is 13.3. The number of aromatic nitrogens is 4. The van der Waals surface area contributed by atoms with Gasteiger partial charge in [-0.15, -0.1) is 0 Å². The summed E-state index contributed by atoms with van der Waals surface area (Å²) in [6.07, 6.45) is 4.97. The van der Waals surface area contributed by atoms with Crippen molar-refractivity contribution in [1.82, 2.24) is 19.3 Å². The van der Waals surface area contributed by atoms with Gasteiger partial charge in [-0.1, -0.05) is 6.08 Å². The molecule has 130 valence electrons. The Balaban J connectivity index is 2.08. The molecule has 0 amide bonds. The summed E-state index contributed by atoms with van der Waals surface area (Å²) >= 11 is 0. The lowest BCUT2D eigenvalue weighted by molar-refractivity contribution is 0.340. The minimum Gasteiger partial charge on any atom is -0.502 e. The molecule has 1 N–H and O–H groups in total. The maximum atomic E-state index is 12.4. The van der Waals surface area contributed by atoms with Crippen molar-refractivity contribution in [2.45, 2.75) is 0 Å². The van der Waals surface area contributed by atoms with Gasteiger partial charge in [-0.2, -0.15) is 5.10 Å². The standard InChI is InChI=1S/C17H18N4O4/c1-20-14(19-16-11(17(20)23)9-18-21(16)2)6-5-10-7-12(24-3)15(22)13(8-10)25-4/h5-9,22H,1-4H3. The van der Waals surface area contributed by atoms with Crippen LogP contribution in [0.1, 0.15) is 11.4 Å². The summed E-state index contributed by atoms with van der Waals surface area (Å²) in [5.41, 5.74) is 1.08. The zero-order valence-corrected chi connectivity index (χ0v) is 14.3. The number of methoxy groups -OCH3 is 2. The zero-order chi connectivity index (χ0) is 18.1. The van der Waals surface area contributed by atoms with Gasteiger partial charge in [0.05, 0.1) is 20.4 Å². The predicted molar refractivity (Wildman–Crippen MR) is 93.9 cm³/mol. The third-order valence-corrected chi connectivity index (χ3v) is 3.93. The maximum absolute atomic E-state index is 12.4. The van der Waals surface area contributed by atoms with Gasteiger partial charge in [0.1, 0.15) is 11.2 Å². The molecule has 8 nitrogen and oxygen atoms in total. The molecule has 0 bridgehead atoms. The van der Waals surface area contributed by atoms with E-state index in [1.807, 2.05) is 0 Å². The molecule has 3 rings (SSSR count). The molecule has 1 aromatic carbocycles. The van der Waals surface area contributed by atoms with Crippen LogP contribution >= 0.6 is 0 Å². The highest BCUT2D eigenvalue weighted by molar-refractivity contribution is 5.76. The number of rotatable bonds is 4. The number of hydrogen-bond donors (Lipinski definition) is 1. The fraction of sp³-hybridized carbons (Fsp3) is 0.235.